The molecule has 2 amide bonds. The number of phenolic OH excluding ortho intramolecular Hbond substituents is 1. The highest BCUT2D eigenvalue weighted by atomic mass is 32.2. The van der Waals surface area contributed by atoms with Crippen LogP contribution in [0.1, 0.15) is 5.56 Å². The number of thioether (sulfide) groups is 1. The van der Waals surface area contributed by atoms with Crippen LogP contribution in [0.5, 0.6) is 5.75 Å². The summed E-state index contributed by atoms with van der Waals surface area (Å²) in [6.45, 7) is 0. The first-order valence-corrected chi connectivity index (χ1v) is 8.44. The maximum atomic E-state index is 12.2. The SMILES string of the molecule is O=C1Nc2ccccc2/C1=N/N=C1\SCC(=O)N1c1ccccc1O. The highest BCUT2D eigenvalue weighted by molar-refractivity contribution is 8.15. The van der Waals surface area contributed by atoms with Gasteiger partial charge in [0.25, 0.3) is 5.91 Å². The first-order chi connectivity index (χ1) is 12.1. The van der Waals surface area contributed by atoms with Crippen LogP contribution in [-0.2, 0) is 9.59 Å². The summed E-state index contributed by atoms with van der Waals surface area (Å²) >= 11 is 1.20. The Balaban J connectivity index is 1.73. The fourth-order valence-electron chi connectivity index (χ4n) is 2.62. The maximum Gasteiger partial charge on any atom is 0.276 e. The Hall–Kier alpha value is -3.13. The van der Waals surface area contributed by atoms with Gasteiger partial charge >= 0.3 is 0 Å². The molecular formula is C17H12N4O3S. The summed E-state index contributed by atoms with van der Waals surface area (Å²) in [5.41, 5.74) is 1.88. The Morgan fingerprint density at radius 2 is 1.80 bits per heavy atom. The Labute approximate surface area is 147 Å². The van der Waals surface area contributed by atoms with Crippen LogP contribution in [0.2, 0.25) is 0 Å². The van der Waals surface area contributed by atoms with Crippen LogP contribution in [0.15, 0.2) is 58.7 Å². The van der Waals surface area contributed by atoms with E-state index in [1.165, 1.54) is 22.7 Å². The third kappa shape index (κ3) is 2.66. The zero-order valence-electron chi connectivity index (χ0n) is 12.8. The highest BCUT2D eigenvalue weighted by Gasteiger charge is 2.32. The molecule has 2 aromatic rings. The molecule has 0 spiro atoms. The Kier molecular flexibility index (Phi) is 3.73. The van der Waals surface area contributed by atoms with Crippen molar-refractivity contribution in [2.45, 2.75) is 0 Å². The van der Waals surface area contributed by atoms with Gasteiger partial charge in [-0.3, -0.25) is 14.5 Å². The molecule has 1 saturated heterocycles. The monoisotopic (exact) mass is 352 g/mol. The van der Waals surface area contributed by atoms with Crippen molar-refractivity contribution >= 4 is 45.8 Å². The van der Waals surface area contributed by atoms with E-state index in [9.17, 15) is 14.7 Å². The third-order valence-corrected chi connectivity index (χ3v) is 4.68. The summed E-state index contributed by atoms with van der Waals surface area (Å²) in [6.07, 6.45) is 0. The van der Waals surface area contributed by atoms with Gasteiger partial charge in [-0.2, -0.15) is 0 Å². The minimum atomic E-state index is -0.339. The lowest BCUT2D eigenvalue weighted by molar-refractivity contribution is -0.115. The summed E-state index contributed by atoms with van der Waals surface area (Å²) < 4.78 is 0. The van der Waals surface area contributed by atoms with Crippen LogP contribution in [0.25, 0.3) is 0 Å². The molecule has 0 aromatic heterocycles. The number of hydrogen-bond acceptors (Lipinski definition) is 6. The Bertz CT molecular complexity index is 954. The van der Waals surface area contributed by atoms with Gasteiger partial charge in [-0.1, -0.05) is 42.1 Å². The van der Waals surface area contributed by atoms with Crippen molar-refractivity contribution in [1.82, 2.24) is 0 Å². The van der Waals surface area contributed by atoms with E-state index in [0.29, 0.717) is 22.1 Å². The molecule has 4 rings (SSSR count). The first-order valence-electron chi connectivity index (χ1n) is 7.45. The molecule has 1 fully saturated rings. The molecule has 0 bridgehead atoms. The molecule has 2 aliphatic heterocycles. The molecule has 0 atom stereocenters. The Morgan fingerprint density at radius 1 is 1.04 bits per heavy atom. The molecule has 0 aliphatic carbocycles. The number of benzene rings is 2. The van der Waals surface area contributed by atoms with Crippen LogP contribution in [0, 0.1) is 0 Å². The molecule has 0 saturated carbocycles. The van der Waals surface area contributed by atoms with Crippen LogP contribution < -0.4 is 10.2 Å². The van der Waals surface area contributed by atoms with Crippen molar-refractivity contribution in [2.24, 2.45) is 10.2 Å². The van der Waals surface area contributed by atoms with Crippen LogP contribution in [0.3, 0.4) is 0 Å². The summed E-state index contributed by atoms with van der Waals surface area (Å²) in [5.74, 6) is -0.376. The number of anilines is 2. The third-order valence-electron chi connectivity index (χ3n) is 3.77. The number of para-hydroxylation sites is 3. The van der Waals surface area contributed by atoms with Crippen LogP contribution >= 0.6 is 11.8 Å². The van der Waals surface area contributed by atoms with Gasteiger partial charge < -0.3 is 10.4 Å². The van der Waals surface area contributed by atoms with E-state index in [1.807, 2.05) is 12.1 Å². The van der Waals surface area contributed by atoms with Gasteiger partial charge in [0.2, 0.25) is 5.91 Å². The Morgan fingerprint density at radius 3 is 2.64 bits per heavy atom. The van der Waals surface area contributed by atoms with Gasteiger partial charge in [0, 0.05) is 5.56 Å². The number of rotatable bonds is 2. The van der Waals surface area contributed by atoms with E-state index in [2.05, 4.69) is 15.5 Å². The number of fused-ring (bicyclic) bond motifs is 1. The number of carbonyl (C=O) groups is 2. The van der Waals surface area contributed by atoms with Crippen molar-refractivity contribution in [2.75, 3.05) is 16.0 Å². The number of carbonyl (C=O) groups excluding carboxylic acids is 2. The molecule has 2 aromatic carbocycles. The lowest BCUT2D eigenvalue weighted by atomic mass is 10.1. The van der Waals surface area contributed by atoms with E-state index >= 15 is 0 Å². The maximum absolute atomic E-state index is 12.2. The normalized spacial score (nSPS) is 19.6. The number of phenols is 1. The molecule has 2 N–H and O–H groups in total. The molecule has 0 radical (unpaired) electrons. The second-order valence-electron chi connectivity index (χ2n) is 5.34. The number of nitrogens with zero attached hydrogens (tertiary/aromatic N) is 3. The van der Waals surface area contributed by atoms with E-state index < -0.39 is 0 Å². The number of nitrogens with one attached hydrogen (secondary N) is 1. The largest absolute Gasteiger partial charge is 0.506 e. The van der Waals surface area contributed by atoms with Gasteiger partial charge in [-0.25, -0.2) is 0 Å². The van der Waals surface area contributed by atoms with Crippen LogP contribution in [0.4, 0.5) is 11.4 Å². The summed E-state index contributed by atoms with van der Waals surface area (Å²) in [6, 6.07) is 13.7. The minimum absolute atomic E-state index is 0.0253. The number of aromatic hydroxyl groups is 1. The van der Waals surface area contributed by atoms with E-state index in [1.54, 1.807) is 30.3 Å². The molecular weight excluding hydrogens is 340 g/mol. The zero-order valence-corrected chi connectivity index (χ0v) is 13.7. The zero-order chi connectivity index (χ0) is 17.4. The van der Waals surface area contributed by atoms with Gasteiger partial charge in [0.05, 0.1) is 17.1 Å². The summed E-state index contributed by atoms with van der Waals surface area (Å²) in [5, 5.41) is 21.2. The van der Waals surface area contributed by atoms with Crippen molar-refractivity contribution in [1.29, 1.82) is 0 Å². The van der Waals surface area contributed by atoms with Gasteiger partial charge in [0.15, 0.2) is 10.9 Å². The summed E-state index contributed by atoms with van der Waals surface area (Å²) in [7, 11) is 0. The van der Waals surface area contributed by atoms with Crippen molar-refractivity contribution in [3.8, 4) is 5.75 Å². The fourth-order valence-corrected chi connectivity index (χ4v) is 3.43. The minimum Gasteiger partial charge on any atom is -0.506 e. The quantitative estimate of drug-likeness (QED) is 0.810. The topological polar surface area (TPSA) is 94.4 Å². The molecule has 124 valence electrons. The molecule has 0 unspecified atom stereocenters. The number of amidine groups is 1. The van der Waals surface area contributed by atoms with Crippen molar-refractivity contribution in [3.05, 3.63) is 54.1 Å². The molecule has 25 heavy (non-hydrogen) atoms. The molecule has 8 heteroatoms. The predicted molar refractivity (Wildman–Crippen MR) is 97.1 cm³/mol. The highest BCUT2D eigenvalue weighted by Crippen LogP contribution is 2.33. The van der Waals surface area contributed by atoms with Gasteiger partial charge in [-0.15, -0.1) is 10.2 Å². The van der Waals surface area contributed by atoms with Crippen LogP contribution in [-0.4, -0.2) is 33.6 Å². The molecule has 2 aliphatic rings. The van der Waals surface area contributed by atoms with E-state index in [-0.39, 0.29) is 29.0 Å². The average Bonchev–Trinajstić information content (AvgIpc) is 3.13. The summed E-state index contributed by atoms with van der Waals surface area (Å²) in [4.78, 5) is 25.6. The van der Waals surface area contributed by atoms with Crippen molar-refractivity contribution < 1.29 is 14.7 Å². The number of hydrogen-bond donors (Lipinski definition) is 2. The van der Waals surface area contributed by atoms with Gasteiger partial charge in [-0.05, 0) is 18.2 Å². The molecule has 7 nitrogen and oxygen atoms in total. The lowest BCUT2D eigenvalue weighted by Gasteiger charge is -2.16. The smallest absolute Gasteiger partial charge is 0.276 e. The van der Waals surface area contributed by atoms with E-state index in [0.717, 1.165) is 0 Å². The molecule has 2 heterocycles. The second-order valence-corrected chi connectivity index (χ2v) is 6.28. The van der Waals surface area contributed by atoms with Gasteiger partial charge in [0.1, 0.15) is 5.75 Å². The predicted octanol–water partition coefficient (Wildman–Crippen LogP) is 2.18. The second kappa shape index (κ2) is 6.06. The number of amides is 2. The standard InChI is InChI=1S/C17H12N4O3S/c22-13-8-4-3-7-12(13)21-14(23)9-25-17(21)20-19-15-10-5-1-2-6-11(10)18-16(15)24/h1-8,22H,9H2,(H,18,19,24)/b20-17-. The average molecular weight is 352 g/mol. The lowest BCUT2D eigenvalue weighted by Crippen LogP contribution is -2.29. The van der Waals surface area contributed by atoms with Crippen molar-refractivity contribution in [3.63, 3.8) is 0 Å². The van der Waals surface area contributed by atoms with E-state index in [4.69, 9.17) is 0 Å². The first kappa shape index (κ1) is 15.4. The fraction of sp³-hybridized carbons (Fsp3) is 0.0588.